The molecule has 3 aromatic carbocycles. The van der Waals surface area contributed by atoms with Gasteiger partial charge < -0.3 is 4.74 Å². The van der Waals surface area contributed by atoms with Crippen molar-refractivity contribution in [3.8, 4) is 11.8 Å². The number of nitriles is 1. The van der Waals surface area contributed by atoms with Crippen molar-refractivity contribution in [1.82, 2.24) is 4.98 Å². The molecule has 0 atom stereocenters. The van der Waals surface area contributed by atoms with Crippen LogP contribution in [0.25, 0.3) is 10.8 Å². The van der Waals surface area contributed by atoms with E-state index in [1.165, 1.54) is 6.07 Å². The number of halogens is 3. The third kappa shape index (κ3) is 6.68. The summed E-state index contributed by atoms with van der Waals surface area (Å²) >= 11 is 0. The molecular weight excluding hydrogens is 473 g/mol. The highest BCUT2D eigenvalue weighted by molar-refractivity contribution is 5.84. The number of hydrogen-bond acceptors (Lipinski definition) is 3. The average Bonchev–Trinajstić information content (AvgIpc) is 2.90. The highest BCUT2D eigenvalue weighted by Crippen LogP contribution is 2.25. The van der Waals surface area contributed by atoms with Gasteiger partial charge in [-0.2, -0.15) is 5.26 Å². The summed E-state index contributed by atoms with van der Waals surface area (Å²) in [6, 6.07) is 17.0. The molecular formula is C31H29F3N2O. The lowest BCUT2D eigenvalue weighted by Gasteiger charge is -2.10. The number of hydrogen-bond donors (Lipinski definition) is 0. The molecule has 0 N–H and O–H groups in total. The first-order chi connectivity index (χ1) is 18.0. The Morgan fingerprint density at radius 3 is 2.32 bits per heavy atom. The van der Waals surface area contributed by atoms with Crippen LogP contribution in [-0.2, 0) is 25.7 Å². The summed E-state index contributed by atoms with van der Waals surface area (Å²) in [5, 5.41) is 10.1. The molecule has 0 aliphatic rings. The van der Waals surface area contributed by atoms with Crippen LogP contribution >= 0.6 is 0 Å². The van der Waals surface area contributed by atoms with Gasteiger partial charge in [0.15, 0.2) is 0 Å². The smallest absolute Gasteiger partial charge is 0.144 e. The monoisotopic (exact) mass is 502 g/mol. The van der Waals surface area contributed by atoms with Crippen molar-refractivity contribution < 1.29 is 17.9 Å². The summed E-state index contributed by atoms with van der Waals surface area (Å²) < 4.78 is 48.6. The molecule has 0 aliphatic heterocycles. The second-order valence-electron chi connectivity index (χ2n) is 9.18. The molecule has 0 fully saturated rings. The Bertz CT molecular complexity index is 1390. The number of ether oxygens (including phenoxy) is 1. The Morgan fingerprint density at radius 2 is 1.62 bits per heavy atom. The van der Waals surface area contributed by atoms with Crippen molar-refractivity contribution in [1.29, 1.82) is 5.26 Å². The summed E-state index contributed by atoms with van der Waals surface area (Å²) in [5.74, 6) is -1.34. The quantitative estimate of drug-likeness (QED) is 0.198. The molecule has 0 spiro atoms. The van der Waals surface area contributed by atoms with E-state index in [0.717, 1.165) is 66.6 Å². The molecule has 0 radical (unpaired) electrons. The Kier molecular flexibility index (Phi) is 8.79. The standard InChI is InChI=1S/C31H29F3N2O/c1-2-3-4-15-37-26-13-12-25(36-20-26)11-6-21-7-14-27-24(16-21)10-9-23(31(27)34)8-5-22-17-29(32)28(19-35)30(33)18-22/h7,9-10,12-14,16-18,20H,2-6,8,11,15H2,1H3. The molecule has 1 heterocycles. The molecule has 0 bridgehead atoms. The summed E-state index contributed by atoms with van der Waals surface area (Å²) in [6.45, 7) is 2.87. The predicted octanol–water partition coefficient (Wildman–Crippen LogP) is 7.66. The van der Waals surface area contributed by atoms with E-state index in [2.05, 4.69) is 11.9 Å². The van der Waals surface area contributed by atoms with Gasteiger partial charge in [-0.3, -0.25) is 4.98 Å². The molecule has 4 rings (SSSR count). The van der Waals surface area contributed by atoms with E-state index in [1.54, 1.807) is 18.3 Å². The highest BCUT2D eigenvalue weighted by atomic mass is 19.1. The van der Waals surface area contributed by atoms with E-state index in [9.17, 15) is 8.78 Å². The van der Waals surface area contributed by atoms with Gasteiger partial charge in [0, 0.05) is 11.1 Å². The van der Waals surface area contributed by atoms with Crippen molar-refractivity contribution in [2.24, 2.45) is 0 Å². The van der Waals surface area contributed by atoms with E-state index in [0.29, 0.717) is 23.1 Å². The summed E-state index contributed by atoms with van der Waals surface area (Å²) in [6.07, 6.45) is 7.21. The maximum absolute atomic E-state index is 15.2. The molecule has 4 aromatic rings. The zero-order valence-corrected chi connectivity index (χ0v) is 20.9. The molecule has 37 heavy (non-hydrogen) atoms. The number of fused-ring (bicyclic) bond motifs is 1. The van der Waals surface area contributed by atoms with Crippen molar-refractivity contribution in [2.45, 2.75) is 51.9 Å². The summed E-state index contributed by atoms with van der Waals surface area (Å²) in [4.78, 5) is 4.50. The zero-order chi connectivity index (χ0) is 26.2. The summed E-state index contributed by atoms with van der Waals surface area (Å²) in [5.41, 5.74) is 2.32. The Balaban J connectivity index is 1.37. The van der Waals surface area contributed by atoms with Crippen LogP contribution in [0.15, 0.2) is 60.8 Å². The van der Waals surface area contributed by atoms with E-state index in [4.69, 9.17) is 10.00 Å². The van der Waals surface area contributed by atoms with Crippen LogP contribution in [0, 0.1) is 28.8 Å². The number of nitrogens with zero attached hydrogens (tertiary/aromatic N) is 2. The van der Waals surface area contributed by atoms with E-state index < -0.39 is 17.2 Å². The van der Waals surface area contributed by atoms with Gasteiger partial charge in [0.05, 0.1) is 12.8 Å². The van der Waals surface area contributed by atoms with Crippen molar-refractivity contribution in [3.05, 3.63) is 106 Å². The largest absolute Gasteiger partial charge is 0.492 e. The number of aryl methyl sites for hydroxylation is 4. The molecule has 0 saturated carbocycles. The lowest BCUT2D eigenvalue weighted by atomic mass is 9.97. The van der Waals surface area contributed by atoms with E-state index in [1.807, 2.05) is 30.3 Å². The molecule has 0 amide bonds. The average molecular weight is 503 g/mol. The fourth-order valence-corrected chi connectivity index (χ4v) is 4.35. The van der Waals surface area contributed by atoms with Crippen molar-refractivity contribution in [2.75, 3.05) is 6.61 Å². The van der Waals surface area contributed by atoms with Gasteiger partial charge in [0.25, 0.3) is 0 Å². The lowest BCUT2D eigenvalue weighted by molar-refractivity contribution is 0.305. The number of unbranched alkanes of at least 4 members (excludes halogenated alkanes) is 2. The van der Waals surface area contributed by atoms with Gasteiger partial charge in [0.1, 0.15) is 34.8 Å². The van der Waals surface area contributed by atoms with Crippen LogP contribution in [-0.4, -0.2) is 11.6 Å². The third-order valence-electron chi connectivity index (χ3n) is 6.48. The Labute approximate surface area is 215 Å². The second kappa shape index (κ2) is 12.4. The van der Waals surface area contributed by atoms with E-state index in [-0.39, 0.29) is 18.7 Å². The lowest BCUT2D eigenvalue weighted by Crippen LogP contribution is -2.00. The van der Waals surface area contributed by atoms with Crippen LogP contribution in [0.1, 0.15) is 54.1 Å². The second-order valence-corrected chi connectivity index (χ2v) is 9.18. The Morgan fingerprint density at radius 1 is 0.838 bits per heavy atom. The highest BCUT2D eigenvalue weighted by Gasteiger charge is 2.13. The van der Waals surface area contributed by atoms with Crippen LogP contribution < -0.4 is 4.74 Å². The molecule has 6 heteroatoms. The van der Waals surface area contributed by atoms with Gasteiger partial charge in [-0.25, -0.2) is 13.2 Å². The zero-order valence-electron chi connectivity index (χ0n) is 20.9. The number of pyridine rings is 1. The maximum atomic E-state index is 15.2. The topological polar surface area (TPSA) is 45.9 Å². The van der Waals surface area contributed by atoms with Crippen molar-refractivity contribution >= 4 is 10.8 Å². The fraction of sp³-hybridized carbons (Fsp3) is 0.290. The normalized spacial score (nSPS) is 11.0. The number of benzene rings is 3. The van der Waals surface area contributed by atoms with Crippen LogP contribution in [0.5, 0.6) is 5.75 Å². The van der Waals surface area contributed by atoms with Crippen LogP contribution in [0.2, 0.25) is 0 Å². The minimum Gasteiger partial charge on any atom is -0.492 e. The minimum absolute atomic E-state index is 0.260. The first kappa shape index (κ1) is 26.2. The van der Waals surface area contributed by atoms with Gasteiger partial charge in [0.2, 0.25) is 0 Å². The predicted molar refractivity (Wildman–Crippen MR) is 139 cm³/mol. The molecule has 0 aliphatic carbocycles. The van der Waals surface area contributed by atoms with E-state index >= 15 is 4.39 Å². The Hall–Kier alpha value is -3.85. The first-order valence-electron chi connectivity index (χ1n) is 12.6. The first-order valence-corrected chi connectivity index (χ1v) is 12.6. The molecule has 0 unspecified atom stereocenters. The van der Waals surface area contributed by atoms with Gasteiger partial charge >= 0.3 is 0 Å². The summed E-state index contributed by atoms with van der Waals surface area (Å²) in [7, 11) is 0. The maximum Gasteiger partial charge on any atom is 0.144 e. The minimum atomic E-state index is -0.897. The van der Waals surface area contributed by atoms with Crippen LogP contribution in [0.3, 0.4) is 0 Å². The third-order valence-corrected chi connectivity index (χ3v) is 6.48. The SMILES string of the molecule is CCCCCOc1ccc(CCc2ccc3c(F)c(CCc4cc(F)c(C#N)c(F)c4)ccc3c2)nc1. The molecule has 190 valence electrons. The van der Waals surface area contributed by atoms with Crippen LogP contribution in [0.4, 0.5) is 13.2 Å². The number of aromatic nitrogens is 1. The molecule has 0 saturated heterocycles. The number of rotatable bonds is 11. The fourth-order valence-electron chi connectivity index (χ4n) is 4.35. The molecule has 1 aromatic heterocycles. The van der Waals surface area contributed by atoms with Gasteiger partial charge in [-0.15, -0.1) is 0 Å². The van der Waals surface area contributed by atoms with Gasteiger partial charge in [-0.05, 0) is 78.4 Å². The molecule has 3 nitrogen and oxygen atoms in total. The van der Waals surface area contributed by atoms with Gasteiger partial charge in [-0.1, -0.05) is 50.1 Å². The van der Waals surface area contributed by atoms with Crippen molar-refractivity contribution in [3.63, 3.8) is 0 Å².